The van der Waals surface area contributed by atoms with E-state index in [-0.39, 0.29) is 11.3 Å². The summed E-state index contributed by atoms with van der Waals surface area (Å²) in [5.41, 5.74) is 5.24. The Hall–Kier alpha value is -1.70. The minimum absolute atomic E-state index is 0.251. The highest BCUT2D eigenvalue weighted by atomic mass is 35.5. The van der Waals surface area contributed by atoms with Crippen molar-refractivity contribution in [3.05, 3.63) is 50.8 Å². The van der Waals surface area contributed by atoms with Crippen molar-refractivity contribution in [2.45, 2.75) is 25.4 Å². The molecule has 136 valence electrons. The highest BCUT2D eigenvalue weighted by molar-refractivity contribution is 6.35. The minimum atomic E-state index is -2.92. The number of hydrogen-bond donors (Lipinski definition) is 1. The van der Waals surface area contributed by atoms with Gasteiger partial charge in [0.2, 0.25) is 0 Å². The number of rotatable bonds is 6. The summed E-state index contributed by atoms with van der Waals surface area (Å²) in [6.07, 6.45) is -3.54. The molecule has 25 heavy (non-hydrogen) atoms. The molecule has 9 heteroatoms. The Morgan fingerprint density at radius 3 is 2.48 bits per heavy atom. The molecule has 0 fully saturated rings. The zero-order valence-electron chi connectivity index (χ0n) is 13.8. The number of halogens is 4. The molecule has 1 unspecified atom stereocenters. The molecule has 0 radical (unpaired) electrons. The Morgan fingerprint density at radius 2 is 2.00 bits per heavy atom. The Balaban J connectivity index is 2.58. The topological polar surface area (TPSA) is 70.1 Å². The van der Waals surface area contributed by atoms with Crippen LogP contribution >= 0.6 is 23.2 Å². The molecule has 0 saturated carbocycles. The number of ether oxygens (including phenoxy) is 1. The van der Waals surface area contributed by atoms with Gasteiger partial charge in [-0.15, -0.1) is 0 Å². The van der Waals surface area contributed by atoms with Crippen LogP contribution in [0.15, 0.2) is 18.2 Å². The van der Waals surface area contributed by atoms with Gasteiger partial charge >= 0.3 is 0 Å². The third-order valence-electron chi connectivity index (χ3n) is 3.98. The van der Waals surface area contributed by atoms with Gasteiger partial charge < -0.3 is 10.5 Å². The lowest BCUT2D eigenvalue weighted by Crippen LogP contribution is -2.20. The fourth-order valence-corrected chi connectivity index (χ4v) is 3.48. The number of aryl methyl sites for hydroxylation is 1. The average Bonchev–Trinajstić information content (AvgIpc) is 2.87. The van der Waals surface area contributed by atoms with Crippen LogP contribution < -0.4 is 5.73 Å². The molecule has 0 spiro atoms. The van der Waals surface area contributed by atoms with Gasteiger partial charge in [-0.3, -0.25) is 9.48 Å². The standard InChI is InChI=1S/C16H17Cl2F2N3O2/c1-7(14(25-3)9-5-4-8(17)6-10(9)18)13-11(16(21)24)12(15(19)20)22-23(13)2/h4-7,14-15H,1-3H3,(H2,21,24)/t7-,14?/m0/s1. The van der Waals surface area contributed by atoms with E-state index < -0.39 is 30.0 Å². The third-order valence-corrected chi connectivity index (χ3v) is 4.54. The number of hydrogen-bond acceptors (Lipinski definition) is 3. The van der Waals surface area contributed by atoms with Gasteiger partial charge in [0.1, 0.15) is 5.69 Å². The predicted octanol–water partition coefficient (Wildman–Crippen LogP) is 4.25. The molecule has 0 aliphatic carbocycles. The molecular formula is C16H17Cl2F2N3O2. The summed E-state index contributed by atoms with van der Waals surface area (Å²) in [7, 11) is 2.93. The van der Waals surface area contributed by atoms with Gasteiger partial charge in [0.05, 0.1) is 17.4 Å². The van der Waals surface area contributed by atoms with Gasteiger partial charge in [-0.1, -0.05) is 36.2 Å². The number of benzene rings is 1. The lowest BCUT2D eigenvalue weighted by molar-refractivity contribution is 0.0805. The van der Waals surface area contributed by atoms with Crippen LogP contribution in [0.1, 0.15) is 52.7 Å². The van der Waals surface area contributed by atoms with Gasteiger partial charge in [0.25, 0.3) is 12.3 Å². The van der Waals surface area contributed by atoms with Crippen LogP contribution in [0, 0.1) is 0 Å². The zero-order chi connectivity index (χ0) is 18.9. The molecule has 2 N–H and O–H groups in total. The maximum atomic E-state index is 13.2. The van der Waals surface area contributed by atoms with Crippen molar-refractivity contribution in [2.75, 3.05) is 7.11 Å². The van der Waals surface area contributed by atoms with Crippen molar-refractivity contribution in [3.63, 3.8) is 0 Å². The van der Waals surface area contributed by atoms with Crippen molar-refractivity contribution in [3.8, 4) is 0 Å². The third kappa shape index (κ3) is 3.78. The monoisotopic (exact) mass is 391 g/mol. The van der Waals surface area contributed by atoms with Gasteiger partial charge in [-0.2, -0.15) is 5.10 Å². The van der Waals surface area contributed by atoms with Crippen molar-refractivity contribution in [1.82, 2.24) is 9.78 Å². The number of nitrogens with zero attached hydrogens (tertiary/aromatic N) is 2. The number of alkyl halides is 2. The molecule has 2 rings (SSSR count). The summed E-state index contributed by atoms with van der Waals surface area (Å²) < 4.78 is 33.2. The fraction of sp³-hybridized carbons (Fsp3) is 0.375. The van der Waals surface area contributed by atoms with E-state index in [4.69, 9.17) is 33.7 Å². The number of primary amides is 1. The van der Waals surface area contributed by atoms with E-state index in [1.807, 2.05) is 0 Å². The Labute approximate surface area is 153 Å². The molecule has 1 aromatic heterocycles. The maximum Gasteiger partial charge on any atom is 0.282 e. The second-order valence-corrected chi connectivity index (χ2v) is 6.39. The predicted molar refractivity (Wildman–Crippen MR) is 91.3 cm³/mol. The van der Waals surface area contributed by atoms with Crippen LogP contribution in [0.2, 0.25) is 10.0 Å². The quantitative estimate of drug-likeness (QED) is 0.799. The van der Waals surface area contributed by atoms with Gasteiger partial charge in [-0.25, -0.2) is 8.78 Å². The van der Waals surface area contributed by atoms with E-state index >= 15 is 0 Å². The summed E-state index contributed by atoms with van der Waals surface area (Å²) in [6.45, 7) is 1.72. The van der Waals surface area contributed by atoms with Crippen molar-refractivity contribution in [2.24, 2.45) is 12.8 Å². The van der Waals surface area contributed by atoms with Crippen LogP contribution in [0.3, 0.4) is 0 Å². The van der Waals surface area contributed by atoms with Crippen LogP contribution in [0.5, 0.6) is 0 Å². The van der Waals surface area contributed by atoms with Crippen LogP contribution in [-0.4, -0.2) is 22.8 Å². The molecular weight excluding hydrogens is 375 g/mol. The number of carbonyl (C=O) groups excluding carboxylic acids is 1. The van der Waals surface area contributed by atoms with E-state index in [2.05, 4.69) is 5.10 Å². The van der Waals surface area contributed by atoms with Crippen molar-refractivity contribution in [1.29, 1.82) is 0 Å². The van der Waals surface area contributed by atoms with Gasteiger partial charge in [-0.05, 0) is 12.1 Å². The molecule has 1 heterocycles. The summed E-state index contributed by atoms with van der Waals surface area (Å²) in [6, 6.07) is 4.88. The second-order valence-electron chi connectivity index (χ2n) is 5.54. The number of amides is 1. The van der Waals surface area contributed by atoms with E-state index in [9.17, 15) is 13.6 Å². The van der Waals surface area contributed by atoms with Crippen LogP contribution in [0.25, 0.3) is 0 Å². The van der Waals surface area contributed by atoms with E-state index in [0.717, 1.165) is 0 Å². The lowest BCUT2D eigenvalue weighted by atomic mass is 9.91. The largest absolute Gasteiger partial charge is 0.376 e. The molecule has 2 aromatic rings. The summed E-state index contributed by atoms with van der Waals surface area (Å²) in [5.74, 6) is -1.50. The minimum Gasteiger partial charge on any atom is -0.376 e. The fourth-order valence-electron chi connectivity index (χ4n) is 2.96. The molecule has 0 saturated heterocycles. The maximum absolute atomic E-state index is 13.2. The summed E-state index contributed by atoms with van der Waals surface area (Å²) in [4.78, 5) is 11.8. The highest BCUT2D eigenvalue weighted by Crippen LogP contribution is 2.40. The molecule has 5 nitrogen and oxygen atoms in total. The zero-order valence-corrected chi connectivity index (χ0v) is 15.3. The summed E-state index contributed by atoms with van der Waals surface area (Å²) >= 11 is 12.1. The number of nitrogens with two attached hydrogens (primary N) is 1. The van der Waals surface area contributed by atoms with E-state index in [0.29, 0.717) is 15.6 Å². The smallest absolute Gasteiger partial charge is 0.282 e. The Bertz CT molecular complexity index is 796. The van der Waals surface area contributed by atoms with Gasteiger partial charge in [0, 0.05) is 35.7 Å². The number of carbonyl (C=O) groups is 1. The van der Waals surface area contributed by atoms with E-state index in [1.54, 1.807) is 25.1 Å². The number of aromatic nitrogens is 2. The second kappa shape index (κ2) is 7.68. The highest BCUT2D eigenvalue weighted by Gasteiger charge is 2.33. The first-order valence-corrected chi connectivity index (χ1v) is 8.07. The first-order chi connectivity index (χ1) is 11.7. The first kappa shape index (κ1) is 19.6. The summed E-state index contributed by atoms with van der Waals surface area (Å²) in [5, 5.41) is 4.57. The Kier molecular flexibility index (Phi) is 6.03. The van der Waals surface area contributed by atoms with Gasteiger partial charge in [0.15, 0.2) is 0 Å². The van der Waals surface area contributed by atoms with Crippen molar-refractivity contribution < 1.29 is 18.3 Å². The Morgan fingerprint density at radius 1 is 1.36 bits per heavy atom. The molecule has 1 amide bonds. The molecule has 0 aliphatic heterocycles. The molecule has 2 atom stereocenters. The normalized spacial score (nSPS) is 13.9. The molecule has 0 aliphatic rings. The number of methoxy groups -OCH3 is 1. The first-order valence-electron chi connectivity index (χ1n) is 7.31. The van der Waals surface area contributed by atoms with Crippen LogP contribution in [0.4, 0.5) is 8.78 Å². The molecule has 0 bridgehead atoms. The van der Waals surface area contributed by atoms with Crippen molar-refractivity contribution >= 4 is 29.1 Å². The molecule has 1 aromatic carbocycles. The van der Waals surface area contributed by atoms with Crippen LogP contribution in [-0.2, 0) is 11.8 Å². The average molecular weight is 392 g/mol. The SMILES string of the molecule is COC(c1ccc(Cl)cc1Cl)[C@@H](C)c1c(C(N)=O)c(C(F)F)nn1C. The van der Waals surface area contributed by atoms with E-state index in [1.165, 1.54) is 18.8 Å². The lowest BCUT2D eigenvalue weighted by Gasteiger charge is -2.25.